The Labute approximate surface area is 109 Å². The van der Waals surface area contributed by atoms with Gasteiger partial charge in [-0.05, 0) is 30.0 Å². The Morgan fingerprint density at radius 1 is 1.17 bits per heavy atom. The molecule has 0 unspecified atom stereocenters. The lowest BCUT2D eigenvalue weighted by Gasteiger charge is -2.00. The first kappa shape index (κ1) is 11.0. The van der Waals surface area contributed by atoms with E-state index in [0.29, 0.717) is 0 Å². The first-order valence-electron chi connectivity index (χ1n) is 5.73. The molecule has 0 aliphatic carbocycles. The average molecular weight is 255 g/mol. The second-order valence-electron chi connectivity index (χ2n) is 4.13. The number of rotatable bonds is 3. The summed E-state index contributed by atoms with van der Waals surface area (Å²) in [5.74, 6) is 0.835. The van der Waals surface area contributed by atoms with Crippen LogP contribution in [-0.4, -0.2) is 10.2 Å². The number of aromatic amines is 1. The molecule has 0 saturated heterocycles. The fourth-order valence-electron chi connectivity index (χ4n) is 1.83. The van der Waals surface area contributed by atoms with Gasteiger partial charge in [-0.2, -0.15) is 16.4 Å². The number of para-hydroxylation sites is 1. The fraction of sp³-hybridized carbons (Fsp3) is 0.0714. The van der Waals surface area contributed by atoms with Gasteiger partial charge in [0.05, 0.1) is 5.69 Å². The molecule has 0 amide bonds. The zero-order valence-electron chi connectivity index (χ0n) is 9.97. The largest absolute Gasteiger partial charge is 0.339 e. The summed E-state index contributed by atoms with van der Waals surface area (Å²) in [6, 6.07) is 12.1. The van der Waals surface area contributed by atoms with Crippen LogP contribution in [-0.2, 0) is 0 Å². The second-order valence-corrected chi connectivity index (χ2v) is 4.87. The Kier molecular flexibility index (Phi) is 2.86. The van der Waals surface area contributed by atoms with E-state index in [1.807, 2.05) is 36.4 Å². The van der Waals surface area contributed by atoms with Crippen molar-refractivity contribution < 1.29 is 0 Å². The number of anilines is 2. The first-order valence-corrected chi connectivity index (χ1v) is 6.68. The summed E-state index contributed by atoms with van der Waals surface area (Å²) >= 11 is 1.71. The maximum absolute atomic E-state index is 4.28. The normalized spacial score (nSPS) is 10.5. The van der Waals surface area contributed by atoms with Crippen molar-refractivity contribution in [2.24, 2.45) is 0 Å². The number of hydrogen-bond donors (Lipinski definition) is 2. The van der Waals surface area contributed by atoms with Crippen LogP contribution in [0.2, 0.25) is 0 Å². The number of nitrogens with one attached hydrogen (secondary N) is 2. The van der Waals surface area contributed by atoms with Gasteiger partial charge in [-0.1, -0.05) is 18.2 Å². The Hall–Kier alpha value is -2.07. The third kappa shape index (κ3) is 2.15. The average Bonchev–Trinajstić information content (AvgIpc) is 2.99. The molecule has 3 aromatic rings. The van der Waals surface area contributed by atoms with Crippen molar-refractivity contribution in [2.45, 2.75) is 6.92 Å². The lowest BCUT2D eigenvalue weighted by molar-refractivity contribution is 1.10. The zero-order chi connectivity index (χ0) is 12.4. The molecule has 0 bridgehead atoms. The molecule has 0 saturated carbocycles. The molecule has 2 aromatic heterocycles. The van der Waals surface area contributed by atoms with Crippen LogP contribution >= 0.6 is 11.3 Å². The first-order chi connectivity index (χ1) is 8.83. The van der Waals surface area contributed by atoms with E-state index in [1.165, 1.54) is 11.1 Å². The van der Waals surface area contributed by atoms with Gasteiger partial charge in [0.25, 0.3) is 0 Å². The molecule has 1 aromatic carbocycles. The number of benzene rings is 1. The molecule has 0 spiro atoms. The fourth-order valence-corrected chi connectivity index (χ4v) is 2.68. The van der Waals surface area contributed by atoms with E-state index in [4.69, 9.17) is 0 Å². The van der Waals surface area contributed by atoms with Gasteiger partial charge in [-0.15, -0.1) is 0 Å². The van der Waals surface area contributed by atoms with Crippen molar-refractivity contribution in [1.82, 2.24) is 10.2 Å². The van der Waals surface area contributed by atoms with E-state index in [1.54, 1.807) is 11.3 Å². The third-order valence-electron chi connectivity index (χ3n) is 2.77. The summed E-state index contributed by atoms with van der Waals surface area (Å²) in [6.07, 6.45) is 0. The minimum Gasteiger partial charge on any atom is -0.339 e. The van der Waals surface area contributed by atoms with E-state index < -0.39 is 0 Å². The summed E-state index contributed by atoms with van der Waals surface area (Å²) in [6.45, 7) is 2.11. The van der Waals surface area contributed by atoms with Gasteiger partial charge in [0.1, 0.15) is 0 Å². The van der Waals surface area contributed by atoms with Crippen LogP contribution in [0.15, 0.2) is 47.2 Å². The van der Waals surface area contributed by atoms with Gasteiger partial charge in [0, 0.05) is 22.7 Å². The van der Waals surface area contributed by atoms with Gasteiger partial charge in [-0.25, -0.2) is 0 Å². The highest BCUT2D eigenvalue weighted by molar-refractivity contribution is 7.08. The molecule has 3 nitrogen and oxygen atoms in total. The maximum atomic E-state index is 4.28. The Bertz CT molecular complexity index is 640. The SMILES string of the molecule is Cc1cscc1-c1cc(Nc2ccccc2)n[nH]1. The summed E-state index contributed by atoms with van der Waals surface area (Å²) in [4.78, 5) is 0. The molecule has 4 heteroatoms. The van der Waals surface area contributed by atoms with E-state index in [9.17, 15) is 0 Å². The standard InChI is InChI=1S/C14H13N3S/c1-10-8-18-9-12(10)13-7-14(17-16-13)15-11-5-3-2-4-6-11/h2-9H,1H3,(H2,15,16,17). The van der Waals surface area contributed by atoms with Crippen LogP contribution in [0.4, 0.5) is 11.5 Å². The Morgan fingerprint density at radius 2 is 2.00 bits per heavy atom. The lowest BCUT2D eigenvalue weighted by Crippen LogP contribution is -1.88. The monoisotopic (exact) mass is 255 g/mol. The Morgan fingerprint density at radius 3 is 2.72 bits per heavy atom. The van der Waals surface area contributed by atoms with Gasteiger partial charge in [0.2, 0.25) is 0 Å². The zero-order valence-corrected chi connectivity index (χ0v) is 10.8. The molecule has 0 radical (unpaired) electrons. The minimum atomic E-state index is 0.835. The molecule has 90 valence electrons. The smallest absolute Gasteiger partial charge is 0.152 e. The topological polar surface area (TPSA) is 40.7 Å². The Balaban J connectivity index is 1.84. The van der Waals surface area contributed by atoms with Crippen LogP contribution in [0.5, 0.6) is 0 Å². The second kappa shape index (κ2) is 4.66. The van der Waals surface area contributed by atoms with E-state index in [2.05, 4.69) is 33.2 Å². The number of hydrogen-bond acceptors (Lipinski definition) is 3. The van der Waals surface area contributed by atoms with Crippen LogP contribution in [0.25, 0.3) is 11.3 Å². The van der Waals surface area contributed by atoms with Crippen molar-refractivity contribution in [3.05, 3.63) is 52.7 Å². The lowest BCUT2D eigenvalue weighted by atomic mass is 10.1. The van der Waals surface area contributed by atoms with Crippen molar-refractivity contribution in [2.75, 3.05) is 5.32 Å². The van der Waals surface area contributed by atoms with Crippen molar-refractivity contribution in [3.8, 4) is 11.3 Å². The minimum absolute atomic E-state index is 0.835. The van der Waals surface area contributed by atoms with Crippen LogP contribution in [0.3, 0.4) is 0 Å². The molecular formula is C14H13N3S. The van der Waals surface area contributed by atoms with Crippen LogP contribution in [0, 0.1) is 6.92 Å². The summed E-state index contributed by atoms with van der Waals surface area (Å²) in [7, 11) is 0. The third-order valence-corrected chi connectivity index (χ3v) is 3.63. The maximum Gasteiger partial charge on any atom is 0.152 e. The quantitative estimate of drug-likeness (QED) is 0.736. The highest BCUT2D eigenvalue weighted by Crippen LogP contribution is 2.27. The molecular weight excluding hydrogens is 242 g/mol. The highest BCUT2D eigenvalue weighted by Gasteiger charge is 2.06. The van der Waals surface area contributed by atoms with Gasteiger partial charge >= 0.3 is 0 Å². The molecule has 18 heavy (non-hydrogen) atoms. The molecule has 0 aliphatic heterocycles. The number of aryl methyl sites for hydroxylation is 1. The molecule has 3 rings (SSSR count). The molecule has 0 aliphatic rings. The van der Waals surface area contributed by atoms with Crippen molar-refractivity contribution >= 4 is 22.8 Å². The number of thiophene rings is 1. The predicted molar refractivity (Wildman–Crippen MR) is 76.4 cm³/mol. The van der Waals surface area contributed by atoms with E-state index >= 15 is 0 Å². The van der Waals surface area contributed by atoms with Gasteiger partial charge in [0.15, 0.2) is 5.82 Å². The predicted octanol–water partition coefficient (Wildman–Crippen LogP) is 4.19. The summed E-state index contributed by atoms with van der Waals surface area (Å²) < 4.78 is 0. The van der Waals surface area contributed by atoms with Crippen LogP contribution < -0.4 is 5.32 Å². The van der Waals surface area contributed by atoms with Crippen molar-refractivity contribution in [1.29, 1.82) is 0 Å². The van der Waals surface area contributed by atoms with Crippen molar-refractivity contribution in [3.63, 3.8) is 0 Å². The summed E-state index contributed by atoms with van der Waals surface area (Å²) in [5.41, 5.74) is 4.58. The van der Waals surface area contributed by atoms with E-state index in [-0.39, 0.29) is 0 Å². The molecule has 0 atom stereocenters. The molecule has 0 fully saturated rings. The van der Waals surface area contributed by atoms with Crippen LogP contribution in [0.1, 0.15) is 5.56 Å². The van der Waals surface area contributed by atoms with E-state index in [0.717, 1.165) is 17.2 Å². The number of nitrogens with zero attached hydrogens (tertiary/aromatic N) is 1. The summed E-state index contributed by atoms with van der Waals surface area (Å²) in [5, 5.41) is 14.9. The number of H-pyrrole nitrogens is 1. The highest BCUT2D eigenvalue weighted by atomic mass is 32.1. The van der Waals surface area contributed by atoms with Gasteiger partial charge < -0.3 is 5.32 Å². The molecule has 2 N–H and O–H groups in total. The van der Waals surface area contributed by atoms with Gasteiger partial charge in [-0.3, -0.25) is 5.10 Å². The number of aromatic nitrogens is 2. The molecule has 2 heterocycles.